The third-order valence-electron chi connectivity index (χ3n) is 3.64. The lowest BCUT2D eigenvalue weighted by Crippen LogP contribution is -2.13. The molecule has 0 amide bonds. The van der Waals surface area contributed by atoms with Gasteiger partial charge in [0.05, 0.1) is 4.92 Å². The SMILES string of the molecule is O=[N+]([O-])c1cccc(-c2ncn(CC3(CS)CC3)n2)c1. The Hall–Kier alpha value is -1.89. The summed E-state index contributed by atoms with van der Waals surface area (Å²) in [6.07, 6.45) is 4.02. The number of benzene rings is 1. The minimum absolute atomic E-state index is 0.0490. The van der Waals surface area contributed by atoms with Gasteiger partial charge in [-0.3, -0.25) is 14.8 Å². The molecule has 7 heteroatoms. The molecule has 1 aromatic heterocycles. The topological polar surface area (TPSA) is 73.8 Å². The van der Waals surface area contributed by atoms with Gasteiger partial charge in [0.1, 0.15) is 6.33 Å². The molecule has 3 rings (SSSR count). The minimum Gasteiger partial charge on any atom is -0.258 e. The van der Waals surface area contributed by atoms with Crippen molar-refractivity contribution in [3.8, 4) is 11.4 Å². The second-order valence-corrected chi connectivity index (χ2v) is 5.55. The molecule has 0 radical (unpaired) electrons. The third-order valence-corrected chi connectivity index (χ3v) is 4.31. The second kappa shape index (κ2) is 4.90. The summed E-state index contributed by atoms with van der Waals surface area (Å²) in [6, 6.07) is 6.37. The molecule has 0 aliphatic heterocycles. The summed E-state index contributed by atoms with van der Waals surface area (Å²) in [6.45, 7) is 0.804. The molecule has 0 saturated heterocycles. The molecule has 6 nitrogen and oxygen atoms in total. The molecule has 1 heterocycles. The van der Waals surface area contributed by atoms with E-state index in [1.54, 1.807) is 23.1 Å². The fraction of sp³-hybridized carbons (Fsp3) is 0.385. The second-order valence-electron chi connectivity index (χ2n) is 5.23. The highest BCUT2D eigenvalue weighted by Gasteiger charge is 2.41. The maximum absolute atomic E-state index is 10.8. The summed E-state index contributed by atoms with van der Waals surface area (Å²) in [5.41, 5.74) is 0.970. The van der Waals surface area contributed by atoms with Crippen molar-refractivity contribution < 1.29 is 4.92 Å². The normalized spacial score (nSPS) is 16.1. The summed E-state index contributed by atoms with van der Waals surface area (Å²) in [7, 11) is 0. The first-order chi connectivity index (χ1) is 9.62. The molecular formula is C13H14N4O2S. The van der Waals surface area contributed by atoms with Gasteiger partial charge < -0.3 is 0 Å². The number of hydrogen-bond donors (Lipinski definition) is 1. The van der Waals surface area contributed by atoms with Crippen LogP contribution in [0.15, 0.2) is 30.6 Å². The van der Waals surface area contributed by atoms with Crippen molar-refractivity contribution in [1.29, 1.82) is 0 Å². The van der Waals surface area contributed by atoms with Crippen molar-refractivity contribution in [2.75, 3.05) is 5.75 Å². The zero-order chi connectivity index (χ0) is 14.2. The van der Waals surface area contributed by atoms with Crippen molar-refractivity contribution in [3.05, 3.63) is 40.7 Å². The Labute approximate surface area is 121 Å². The standard InChI is InChI=1S/C13H14N4O2S/c18-17(19)11-3-1-2-10(6-11)12-14-9-16(15-12)7-13(8-20)4-5-13/h1-3,6,9,20H,4-5,7-8H2. The van der Waals surface area contributed by atoms with Gasteiger partial charge in [-0.05, 0) is 24.0 Å². The van der Waals surface area contributed by atoms with Gasteiger partial charge in [0, 0.05) is 24.2 Å². The molecule has 0 bridgehead atoms. The van der Waals surface area contributed by atoms with E-state index in [2.05, 4.69) is 22.7 Å². The van der Waals surface area contributed by atoms with E-state index in [4.69, 9.17) is 0 Å². The zero-order valence-corrected chi connectivity index (χ0v) is 11.7. The van der Waals surface area contributed by atoms with Gasteiger partial charge in [0.2, 0.25) is 0 Å². The minimum atomic E-state index is -0.416. The molecule has 1 fully saturated rings. The van der Waals surface area contributed by atoms with E-state index in [0.29, 0.717) is 11.4 Å². The molecule has 0 N–H and O–H groups in total. The van der Waals surface area contributed by atoms with E-state index in [9.17, 15) is 10.1 Å². The predicted molar refractivity (Wildman–Crippen MR) is 77.6 cm³/mol. The molecule has 1 aromatic carbocycles. The molecule has 1 saturated carbocycles. The van der Waals surface area contributed by atoms with E-state index >= 15 is 0 Å². The molecule has 1 aliphatic rings. The van der Waals surface area contributed by atoms with Crippen molar-refractivity contribution in [2.24, 2.45) is 5.41 Å². The number of aromatic nitrogens is 3. The predicted octanol–water partition coefficient (Wildman–Crippen LogP) is 2.56. The highest BCUT2D eigenvalue weighted by molar-refractivity contribution is 7.80. The van der Waals surface area contributed by atoms with Gasteiger partial charge in [-0.15, -0.1) is 0 Å². The molecule has 0 unspecified atom stereocenters. The van der Waals surface area contributed by atoms with E-state index in [0.717, 1.165) is 12.3 Å². The van der Waals surface area contributed by atoms with Crippen molar-refractivity contribution in [3.63, 3.8) is 0 Å². The van der Waals surface area contributed by atoms with Gasteiger partial charge in [0.25, 0.3) is 5.69 Å². The van der Waals surface area contributed by atoms with Gasteiger partial charge >= 0.3 is 0 Å². The number of rotatable bonds is 5. The monoisotopic (exact) mass is 290 g/mol. The Balaban J connectivity index is 1.83. The summed E-state index contributed by atoms with van der Waals surface area (Å²) < 4.78 is 1.80. The first-order valence-corrected chi connectivity index (χ1v) is 7.00. The van der Waals surface area contributed by atoms with Crippen LogP contribution in [0.3, 0.4) is 0 Å². The third kappa shape index (κ3) is 2.53. The number of thiol groups is 1. The van der Waals surface area contributed by atoms with Crippen LogP contribution in [0.2, 0.25) is 0 Å². The van der Waals surface area contributed by atoms with Gasteiger partial charge in [-0.1, -0.05) is 12.1 Å². The van der Waals surface area contributed by atoms with Crippen LogP contribution in [0, 0.1) is 15.5 Å². The Kier molecular flexibility index (Phi) is 3.21. The maximum Gasteiger partial charge on any atom is 0.270 e. The Morgan fingerprint density at radius 1 is 1.45 bits per heavy atom. The van der Waals surface area contributed by atoms with Crippen LogP contribution in [-0.2, 0) is 6.54 Å². The molecule has 2 aromatic rings. The van der Waals surface area contributed by atoms with Crippen LogP contribution in [0.4, 0.5) is 5.69 Å². The lowest BCUT2D eigenvalue weighted by atomic mass is 10.1. The van der Waals surface area contributed by atoms with Crippen LogP contribution in [0.1, 0.15) is 12.8 Å². The maximum atomic E-state index is 10.8. The Bertz CT molecular complexity index is 651. The van der Waals surface area contributed by atoms with Crippen LogP contribution in [0.25, 0.3) is 11.4 Å². The molecule has 20 heavy (non-hydrogen) atoms. The van der Waals surface area contributed by atoms with E-state index in [-0.39, 0.29) is 11.1 Å². The van der Waals surface area contributed by atoms with E-state index < -0.39 is 4.92 Å². The molecular weight excluding hydrogens is 276 g/mol. The molecule has 104 valence electrons. The number of hydrogen-bond acceptors (Lipinski definition) is 5. The number of nitro benzene ring substituents is 1. The summed E-state index contributed by atoms with van der Waals surface area (Å²) in [5, 5.41) is 15.2. The first-order valence-electron chi connectivity index (χ1n) is 6.37. The molecule has 0 spiro atoms. The van der Waals surface area contributed by atoms with E-state index in [1.165, 1.54) is 25.0 Å². The van der Waals surface area contributed by atoms with Gasteiger partial charge in [-0.25, -0.2) is 4.98 Å². The lowest BCUT2D eigenvalue weighted by molar-refractivity contribution is -0.384. The number of non-ortho nitro benzene ring substituents is 1. The van der Waals surface area contributed by atoms with Crippen LogP contribution in [-0.4, -0.2) is 25.4 Å². The van der Waals surface area contributed by atoms with Gasteiger partial charge in [0.15, 0.2) is 5.82 Å². The quantitative estimate of drug-likeness (QED) is 0.522. The summed E-state index contributed by atoms with van der Waals surface area (Å²) >= 11 is 4.37. The first kappa shape index (κ1) is 13.1. The molecule has 1 aliphatic carbocycles. The average Bonchev–Trinajstić information content (AvgIpc) is 3.08. The van der Waals surface area contributed by atoms with Crippen molar-refractivity contribution >= 4 is 18.3 Å². The Morgan fingerprint density at radius 3 is 2.90 bits per heavy atom. The highest BCUT2D eigenvalue weighted by atomic mass is 32.1. The number of nitro groups is 1. The largest absolute Gasteiger partial charge is 0.270 e. The van der Waals surface area contributed by atoms with Crippen LogP contribution in [0.5, 0.6) is 0 Å². The fourth-order valence-corrected chi connectivity index (χ4v) is 2.56. The number of nitrogens with zero attached hydrogens (tertiary/aromatic N) is 4. The summed E-state index contributed by atoms with van der Waals surface area (Å²) in [5.74, 6) is 1.36. The zero-order valence-electron chi connectivity index (χ0n) is 10.8. The van der Waals surface area contributed by atoms with Crippen LogP contribution < -0.4 is 0 Å². The highest BCUT2D eigenvalue weighted by Crippen LogP contribution is 2.47. The van der Waals surface area contributed by atoms with Gasteiger partial charge in [-0.2, -0.15) is 17.7 Å². The van der Waals surface area contributed by atoms with E-state index in [1.807, 2.05) is 0 Å². The average molecular weight is 290 g/mol. The lowest BCUT2D eigenvalue weighted by Gasteiger charge is -2.10. The molecule has 0 atom stereocenters. The van der Waals surface area contributed by atoms with Crippen molar-refractivity contribution in [1.82, 2.24) is 14.8 Å². The summed E-state index contributed by atoms with van der Waals surface area (Å²) in [4.78, 5) is 14.6. The van der Waals surface area contributed by atoms with Crippen molar-refractivity contribution in [2.45, 2.75) is 19.4 Å². The Morgan fingerprint density at radius 2 is 2.25 bits per heavy atom. The smallest absolute Gasteiger partial charge is 0.258 e. The fourth-order valence-electron chi connectivity index (χ4n) is 2.15. The van der Waals surface area contributed by atoms with Crippen LogP contribution >= 0.6 is 12.6 Å².